The number of rotatable bonds is 3. The lowest BCUT2D eigenvalue weighted by Crippen LogP contribution is -2.48. The zero-order valence-corrected chi connectivity index (χ0v) is 17.3. The molecule has 1 fully saturated rings. The highest BCUT2D eigenvalue weighted by atomic mass is 16.1. The summed E-state index contributed by atoms with van der Waals surface area (Å²) in [6.07, 6.45) is 0. The summed E-state index contributed by atoms with van der Waals surface area (Å²) in [7, 11) is 0. The Morgan fingerprint density at radius 2 is 1.80 bits per heavy atom. The Morgan fingerprint density at radius 3 is 2.57 bits per heavy atom. The molecule has 0 bridgehead atoms. The molecular formula is C23H26N6O. The molecule has 154 valence electrons. The van der Waals surface area contributed by atoms with Crippen molar-refractivity contribution in [2.75, 3.05) is 36.9 Å². The van der Waals surface area contributed by atoms with Crippen LogP contribution in [0.4, 0.5) is 5.69 Å². The molecule has 0 atom stereocenters. The number of hydrogen-bond donors (Lipinski definition) is 2. The highest BCUT2D eigenvalue weighted by Crippen LogP contribution is 2.25. The number of H-pyrrole nitrogens is 1. The van der Waals surface area contributed by atoms with Crippen LogP contribution in [0.15, 0.2) is 53.3 Å². The topological polar surface area (TPSA) is 83.2 Å². The van der Waals surface area contributed by atoms with Crippen LogP contribution in [0, 0.1) is 0 Å². The van der Waals surface area contributed by atoms with Crippen molar-refractivity contribution in [1.29, 1.82) is 0 Å². The Bertz CT molecular complexity index is 1280. The van der Waals surface area contributed by atoms with Crippen LogP contribution in [0.1, 0.15) is 13.8 Å². The summed E-state index contributed by atoms with van der Waals surface area (Å²) in [6.45, 7) is 8.64. The molecule has 30 heavy (non-hydrogen) atoms. The Labute approximate surface area is 174 Å². The quantitative estimate of drug-likeness (QED) is 0.515. The fourth-order valence-corrected chi connectivity index (χ4v) is 4.27. The van der Waals surface area contributed by atoms with Gasteiger partial charge in [0.2, 0.25) is 0 Å². The van der Waals surface area contributed by atoms with Crippen molar-refractivity contribution in [2.24, 2.45) is 0 Å². The molecule has 5 rings (SSSR count). The highest BCUT2D eigenvalue weighted by Gasteiger charge is 2.20. The summed E-state index contributed by atoms with van der Waals surface area (Å²) in [5.41, 5.74) is 3.84. The van der Waals surface area contributed by atoms with Crippen molar-refractivity contribution in [1.82, 2.24) is 19.5 Å². The summed E-state index contributed by atoms with van der Waals surface area (Å²) in [5.74, 6) is 6.60. The maximum absolute atomic E-state index is 12.8. The molecule has 0 radical (unpaired) electrons. The summed E-state index contributed by atoms with van der Waals surface area (Å²) < 4.78 is 1.19. The predicted molar refractivity (Wildman–Crippen MR) is 122 cm³/mol. The standard InChI is InChI=1S/C23H26N6O/c1-15(2)27-9-11-28(12-10-27)17-7-8-19-20(14-17)26-22(25-19)18-13-16-5-3-4-6-21(16)29(24)23(18)30/h3-8,13-15H,9-12,24H2,1-2H3,(H,25,26). The first-order chi connectivity index (χ1) is 14.5. The number of nitrogens with one attached hydrogen (secondary N) is 1. The van der Waals surface area contributed by atoms with Crippen molar-refractivity contribution in [3.8, 4) is 11.4 Å². The molecule has 0 unspecified atom stereocenters. The highest BCUT2D eigenvalue weighted by molar-refractivity contribution is 5.86. The Hall–Kier alpha value is -3.32. The van der Waals surface area contributed by atoms with Crippen LogP contribution >= 0.6 is 0 Å². The first-order valence-electron chi connectivity index (χ1n) is 10.4. The lowest BCUT2D eigenvalue weighted by molar-refractivity contribution is 0.209. The molecule has 4 aromatic rings. The van der Waals surface area contributed by atoms with Crippen LogP contribution in [0.5, 0.6) is 0 Å². The van der Waals surface area contributed by atoms with E-state index in [0.29, 0.717) is 22.9 Å². The van der Waals surface area contributed by atoms with Gasteiger partial charge in [-0.05, 0) is 44.2 Å². The van der Waals surface area contributed by atoms with E-state index in [1.54, 1.807) is 0 Å². The van der Waals surface area contributed by atoms with Gasteiger partial charge < -0.3 is 15.7 Å². The summed E-state index contributed by atoms with van der Waals surface area (Å²) in [4.78, 5) is 25.7. The summed E-state index contributed by atoms with van der Waals surface area (Å²) in [5, 5.41) is 0.902. The van der Waals surface area contributed by atoms with Gasteiger partial charge in [0.05, 0.1) is 22.1 Å². The SMILES string of the molecule is CC(C)N1CCN(c2ccc3nc(-c4cc5ccccc5n(N)c4=O)[nH]c3c2)CC1. The first kappa shape index (κ1) is 18.7. The van der Waals surface area contributed by atoms with E-state index in [1.807, 2.05) is 36.4 Å². The largest absolute Gasteiger partial charge is 0.369 e. The van der Waals surface area contributed by atoms with E-state index >= 15 is 0 Å². The number of nitrogens with zero attached hydrogens (tertiary/aromatic N) is 4. The molecule has 2 aromatic carbocycles. The number of nitrogen functional groups attached to an aromatic ring is 1. The van der Waals surface area contributed by atoms with Gasteiger partial charge in [0, 0.05) is 43.3 Å². The van der Waals surface area contributed by atoms with Gasteiger partial charge in [-0.3, -0.25) is 9.69 Å². The van der Waals surface area contributed by atoms with Crippen molar-refractivity contribution in [2.45, 2.75) is 19.9 Å². The number of nitrogens with two attached hydrogens (primary N) is 1. The third kappa shape index (κ3) is 3.11. The molecule has 1 saturated heterocycles. The second kappa shape index (κ2) is 7.18. The number of aromatic amines is 1. The predicted octanol–water partition coefficient (Wildman–Crippen LogP) is 2.79. The maximum atomic E-state index is 12.8. The number of para-hydroxylation sites is 1. The average Bonchev–Trinajstić information content (AvgIpc) is 3.19. The third-order valence-corrected chi connectivity index (χ3v) is 6.08. The average molecular weight is 403 g/mol. The van der Waals surface area contributed by atoms with Gasteiger partial charge in [-0.2, -0.15) is 0 Å². The van der Waals surface area contributed by atoms with Crippen molar-refractivity contribution in [3.05, 3.63) is 58.9 Å². The molecule has 7 heteroatoms. The van der Waals surface area contributed by atoms with Gasteiger partial charge >= 0.3 is 0 Å². The Morgan fingerprint density at radius 1 is 1.03 bits per heavy atom. The number of piperazine rings is 1. The van der Waals surface area contributed by atoms with E-state index in [2.05, 4.69) is 45.7 Å². The van der Waals surface area contributed by atoms with E-state index < -0.39 is 0 Å². The molecular weight excluding hydrogens is 376 g/mol. The second-order valence-corrected chi connectivity index (χ2v) is 8.20. The van der Waals surface area contributed by atoms with Crippen LogP contribution in [0.25, 0.3) is 33.3 Å². The van der Waals surface area contributed by atoms with Crippen LogP contribution in [0.3, 0.4) is 0 Å². The molecule has 3 N–H and O–H groups in total. The lowest BCUT2D eigenvalue weighted by Gasteiger charge is -2.38. The molecule has 3 heterocycles. The zero-order valence-electron chi connectivity index (χ0n) is 17.3. The molecule has 0 aliphatic carbocycles. The maximum Gasteiger partial charge on any atom is 0.280 e. The lowest BCUT2D eigenvalue weighted by atomic mass is 10.1. The molecule has 1 aliphatic heterocycles. The monoisotopic (exact) mass is 402 g/mol. The number of anilines is 1. The normalized spacial score (nSPS) is 15.5. The minimum atomic E-state index is -0.266. The van der Waals surface area contributed by atoms with E-state index in [1.165, 1.54) is 10.4 Å². The summed E-state index contributed by atoms with van der Waals surface area (Å²) in [6, 6.07) is 16.3. The van der Waals surface area contributed by atoms with Crippen LogP contribution in [0.2, 0.25) is 0 Å². The van der Waals surface area contributed by atoms with E-state index in [9.17, 15) is 4.79 Å². The second-order valence-electron chi connectivity index (χ2n) is 8.20. The minimum Gasteiger partial charge on any atom is -0.369 e. The van der Waals surface area contributed by atoms with Crippen LogP contribution in [-0.2, 0) is 0 Å². The molecule has 2 aromatic heterocycles. The molecule has 0 spiro atoms. The third-order valence-electron chi connectivity index (χ3n) is 6.08. The molecule has 7 nitrogen and oxygen atoms in total. The summed E-state index contributed by atoms with van der Waals surface area (Å²) >= 11 is 0. The fraction of sp³-hybridized carbons (Fsp3) is 0.304. The molecule has 1 aliphatic rings. The van der Waals surface area contributed by atoms with Crippen molar-refractivity contribution in [3.63, 3.8) is 0 Å². The number of hydrogen-bond acceptors (Lipinski definition) is 5. The van der Waals surface area contributed by atoms with Gasteiger partial charge in [0.15, 0.2) is 0 Å². The van der Waals surface area contributed by atoms with Crippen molar-refractivity contribution >= 4 is 27.6 Å². The number of fused-ring (bicyclic) bond motifs is 2. The number of imidazole rings is 1. The number of aromatic nitrogens is 3. The minimum absolute atomic E-state index is 0.266. The van der Waals surface area contributed by atoms with Gasteiger partial charge in [0.25, 0.3) is 5.56 Å². The number of benzene rings is 2. The van der Waals surface area contributed by atoms with Gasteiger partial charge in [-0.25, -0.2) is 9.66 Å². The van der Waals surface area contributed by atoms with E-state index in [0.717, 1.165) is 42.6 Å². The molecule has 0 saturated carbocycles. The van der Waals surface area contributed by atoms with Gasteiger partial charge in [-0.15, -0.1) is 0 Å². The van der Waals surface area contributed by atoms with E-state index in [-0.39, 0.29) is 5.56 Å². The Balaban J connectivity index is 1.50. The Kier molecular flexibility index (Phi) is 4.47. The van der Waals surface area contributed by atoms with Gasteiger partial charge in [0.1, 0.15) is 5.82 Å². The number of pyridine rings is 1. The molecule has 0 amide bonds. The van der Waals surface area contributed by atoms with Crippen LogP contribution in [-0.4, -0.2) is 51.8 Å². The van der Waals surface area contributed by atoms with Gasteiger partial charge in [-0.1, -0.05) is 18.2 Å². The fourth-order valence-electron chi connectivity index (χ4n) is 4.27. The zero-order chi connectivity index (χ0) is 20.8. The van der Waals surface area contributed by atoms with Crippen LogP contribution < -0.4 is 16.3 Å². The first-order valence-corrected chi connectivity index (χ1v) is 10.4. The smallest absolute Gasteiger partial charge is 0.280 e. The van der Waals surface area contributed by atoms with Crippen molar-refractivity contribution < 1.29 is 0 Å². The van der Waals surface area contributed by atoms with E-state index in [4.69, 9.17) is 5.84 Å².